The number of carbonyl (C=O) groups is 1. The first kappa shape index (κ1) is 15.1. The fourth-order valence-corrected chi connectivity index (χ4v) is 1.66. The number of benzene rings is 1. The predicted octanol–water partition coefficient (Wildman–Crippen LogP) is 3.10. The summed E-state index contributed by atoms with van der Waals surface area (Å²) in [5.74, 6) is 0.106. The van der Waals surface area contributed by atoms with Crippen LogP contribution in [0.1, 0.15) is 18.9 Å². The Labute approximate surface area is 117 Å². The molecule has 0 spiro atoms. The Morgan fingerprint density at radius 1 is 1.53 bits per heavy atom. The summed E-state index contributed by atoms with van der Waals surface area (Å²) in [4.78, 5) is 11.3. The second-order valence-corrected chi connectivity index (χ2v) is 4.05. The van der Waals surface area contributed by atoms with Crippen LogP contribution in [0.2, 0.25) is 5.02 Å². The lowest BCUT2D eigenvalue weighted by Crippen LogP contribution is -2.06. The van der Waals surface area contributed by atoms with Gasteiger partial charge in [-0.25, -0.2) is 4.79 Å². The maximum absolute atomic E-state index is 11.3. The summed E-state index contributed by atoms with van der Waals surface area (Å²) in [6.07, 6.45) is 2.22. The second kappa shape index (κ2) is 7.45. The van der Waals surface area contributed by atoms with Crippen molar-refractivity contribution < 1.29 is 14.3 Å². The van der Waals surface area contributed by atoms with Crippen LogP contribution in [-0.2, 0) is 9.53 Å². The van der Waals surface area contributed by atoms with Crippen molar-refractivity contribution in [3.05, 3.63) is 40.4 Å². The van der Waals surface area contributed by atoms with Gasteiger partial charge in [0.15, 0.2) is 0 Å². The first-order valence-corrected chi connectivity index (χ1v) is 6.10. The van der Waals surface area contributed by atoms with Crippen LogP contribution >= 0.6 is 11.6 Å². The topological polar surface area (TPSA) is 59.3 Å². The van der Waals surface area contributed by atoms with Crippen LogP contribution in [-0.4, -0.2) is 19.7 Å². The molecule has 0 aliphatic heterocycles. The fraction of sp³-hybridized carbons (Fsp3) is 0.286. The van der Waals surface area contributed by atoms with Crippen LogP contribution in [0, 0.1) is 11.3 Å². The number of rotatable bonds is 5. The zero-order valence-electron chi connectivity index (χ0n) is 10.8. The zero-order valence-corrected chi connectivity index (χ0v) is 11.5. The van der Waals surface area contributed by atoms with Crippen molar-refractivity contribution >= 4 is 17.6 Å². The Morgan fingerprint density at radius 2 is 2.26 bits per heavy atom. The number of carbonyl (C=O) groups excluding carboxylic acids is 1. The van der Waals surface area contributed by atoms with Gasteiger partial charge in [0.25, 0.3) is 0 Å². The molecular formula is C14H14ClNO3. The van der Waals surface area contributed by atoms with E-state index in [-0.39, 0.29) is 12.6 Å². The lowest BCUT2D eigenvalue weighted by atomic mass is 10.2. The van der Waals surface area contributed by atoms with Crippen LogP contribution in [0.5, 0.6) is 5.75 Å². The molecular weight excluding hydrogens is 266 g/mol. The Bertz CT molecular complexity index is 532. The lowest BCUT2D eigenvalue weighted by molar-refractivity contribution is -0.136. The van der Waals surface area contributed by atoms with Gasteiger partial charge in [-0.3, -0.25) is 0 Å². The van der Waals surface area contributed by atoms with Crippen molar-refractivity contribution in [2.45, 2.75) is 13.3 Å². The molecule has 0 aromatic heterocycles. The Morgan fingerprint density at radius 3 is 2.79 bits per heavy atom. The van der Waals surface area contributed by atoms with Gasteiger partial charge < -0.3 is 9.47 Å². The van der Waals surface area contributed by atoms with Gasteiger partial charge in [0.2, 0.25) is 0 Å². The predicted molar refractivity (Wildman–Crippen MR) is 72.1 cm³/mol. The largest absolute Gasteiger partial charge is 0.488 e. The smallest absolute Gasteiger partial charge is 0.333 e. The highest BCUT2D eigenvalue weighted by molar-refractivity contribution is 6.32. The van der Waals surface area contributed by atoms with Gasteiger partial charge in [-0.2, -0.15) is 5.26 Å². The molecule has 4 nitrogen and oxygen atoms in total. The van der Waals surface area contributed by atoms with Crippen molar-refractivity contribution in [3.63, 3.8) is 0 Å². The van der Waals surface area contributed by atoms with Crippen molar-refractivity contribution in [1.82, 2.24) is 0 Å². The third kappa shape index (κ3) is 4.31. The summed E-state index contributed by atoms with van der Waals surface area (Å²) in [6.45, 7) is 2.07. The molecule has 5 heteroatoms. The number of nitriles is 1. The molecule has 0 saturated heterocycles. The summed E-state index contributed by atoms with van der Waals surface area (Å²) in [5, 5.41) is 9.08. The molecule has 0 unspecified atom stereocenters. The van der Waals surface area contributed by atoms with E-state index in [2.05, 4.69) is 4.74 Å². The van der Waals surface area contributed by atoms with Gasteiger partial charge in [0.1, 0.15) is 12.4 Å². The normalized spacial score (nSPS) is 10.7. The van der Waals surface area contributed by atoms with Crippen molar-refractivity contribution in [2.75, 3.05) is 13.7 Å². The molecule has 19 heavy (non-hydrogen) atoms. The molecule has 1 aromatic rings. The van der Waals surface area contributed by atoms with Crippen LogP contribution in [0.4, 0.5) is 0 Å². The number of hydrogen-bond acceptors (Lipinski definition) is 4. The summed E-state index contributed by atoms with van der Waals surface area (Å²) >= 11 is 5.96. The standard InChI is InChI=1S/C14H14ClNO3/c1-3-11(14(17)18-2)6-7-19-13-5-4-10(9-16)8-12(13)15/h4-6,8H,3,7H2,1-2H3. The molecule has 100 valence electrons. The van der Waals surface area contributed by atoms with Crippen LogP contribution in [0.15, 0.2) is 29.8 Å². The molecule has 0 saturated carbocycles. The number of ether oxygens (including phenoxy) is 2. The number of esters is 1. The quantitative estimate of drug-likeness (QED) is 0.614. The summed E-state index contributed by atoms with van der Waals surface area (Å²) < 4.78 is 10.1. The van der Waals surface area contributed by atoms with Gasteiger partial charge >= 0.3 is 5.97 Å². The van der Waals surface area contributed by atoms with Crippen molar-refractivity contribution in [2.24, 2.45) is 0 Å². The molecule has 0 radical (unpaired) electrons. The summed E-state index contributed by atoms with van der Waals surface area (Å²) in [6, 6.07) is 6.76. The average Bonchev–Trinajstić information content (AvgIpc) is 2.44. The summed E-state index contributed by atoms with van der Waals surface area (Å²) in [7, 11) is 1.34. The molecule has 0 amide bonds. The van der Waals surface area contributed by atoms with E-state index in [0.717, 1.165) is 0 Å². The monoisotopic (exact) mass is 279 g/mol. The Kier molecular flexibility index (Phi) is 5.91. The highest BCUT2D eigenvalue weighted by Crippen LogP contribution is 2.25. The number of methoxy groups -OCH3 is 1. The maximum atomic E-state index is 11.3. The van der Waals surface area contributed by atoms with Gasteiger partial charge in [0.05, 0.1) is 23.8 Å². The number of nitrogens with zero attached hydrogens (tertiary/aromatic N) is 1. The van der Waals surface area contributed by atoms with E-state index in [9.17, 15) is 4.79 Å². The SMILES string of the molecule is CCC(=CCOc1ccc(C#N)cc1Cl)C(=O)OC. The van der Waals surface area contributed by atoms with Crippen LogP contribution in [0.3, 0.4) is 0 Å². The van der Waals surface area contributed by atoms with Gasteiger partial charge in [-0.05, 0) is 30.7 Å². The Hall–Kier alpha value is -1.99. The minimum absolute atomic E-state index is 0.212. The fourth-order valence-electron chi connectivity index (χ4n) is 1.42. The van der Waals surface area contributed by atoms with Crippen molar-refractivity contribution in [3.8, 4) is 11.8 Å². The highest BCUT2D eigenvalue weighted by Gasteiger charge is 2.07. The molecule has 1 aromatic carbocycles. The molecule has 0 aliphatic carbocycles. The number of hydrogen-bond donors (Lipinski definition) is 0. The average molecular weight is 280 g/mol. The molecule has 0 aliphatic rings. The minimum atomic E-state index is -0.364. The maximum Gasteiger partial charge on any atom is 0.333 e. The van der Waals surface area contributed by atoms with E-state index in [0.29, 0.717) is 28.3 Å². The van der Waals surface area contributed by atoms with E-state index in [1.807, 2.05) is 13.0 Å². The molecule has 0 N–H and O–H groups in total. The molecule has 0 atom stereocenters. The minimum Gasteiger partial charge on any atom is -0.488 e. The second-order valence-electron chi connectivity index (χ2n) is 3.64. The van der Waals surface area contributed by atoms with Crippen LogP contribution in [0.25, 0.3) is 0 Å². The first-order valence-electron chi connectivity index (χ1n) is 5.72. The summed E-state index contributed by atoms with van der Waals surface area (Å²) in [5.41, 5.74) is 1.02. The highest BCUT2D eigenvalue weighted by atomic mass is 35.5. The van der Waals surface area contributed by atoms with E-state index in [1.54, 1.807) is 18.2 Å². The number of halogens is 1. The third-order valence-electron chi connectivity index (χ3n) is 2.46. The molecule has 0 heterocycles. The van der Waals surface area contributed by atoms with E-state index < -0.39 is 0 Å². The molecule has 1 rings (SSSR count). The first-order chi connectivity index (χ1) is 9.12. The van der Waals surface area contributed by atoms with Crippen molar-refractivity contribution in [1.29, 1.82) is 5.26 Å². The zero-order chi connectivity index (χ0) is 14.3. The lowest BCUT2D eigenvalue weighted by Gasteiger charge is -2.07. The molecule has 0 bridgehead atoms. The van der Waals surface area contributed by atoms with Gasteiger partial charge in [0, 0.05) is 5.57 Å². The Balaban J connectivity index is 2.70. The van der Waals surface area contributed by atoms with Crippen LogP contribution < -0.4 is 4.74 Å². The third-order valence-corrected chi connectivity index (χ3v) is 2.75. The van der Waals surface area contributed by atoms with Gasteiger partial charge in [-0.15, -0.1) is 0 Å². The molecule has 0 fully saturated rings. The van der Waals surface area contributed by atoms with Gasteiger partial charge in [-0.1, -0.05) is 18.5 Å². The van der Waals surface area contributed by atoms with E-state index in [1.165, 1.54) is 13.2 Å². The van der Waals surface area contributed by atoms with E-state index in [4.69, 9.17) is 21.6 Å². The van der Waals surface area contributed by atoms with E-state index >= 15 is 0 Å².